The van der Waals surface area contributed by atoms with Crippen LogP contribution in [0.3, 0.4) is 0 Å². The number of esters is 1. The molecule has 3 aromatic rings. The van der Waals surface area contributed by atoms with Crippen molar-refractivity contribution < 1.29 is 33.3 Å². The molecule has 3 aromatic carbocycles. The lowest BCUT2D eigenvalue weighted by Crippen LogP contribution is -2.45. The summed E-state index contributed by atoms with van der Waals surface area (Å²) >= 11 is 0. The summed E-state index contributed by atoms with van der Waals surface area (Å²) in [4.78, 5) is 42.8. The monoisotopic (exact) mass is 716 g/mol. The largest absolute Gasteiger partial charge is 0.488 e. The Labute approximate surface area is 306 Å². The predicted octanol–water partition coefficient (Wildman–Crippen LogP) is 5.75. The van der Waals surface area contributed by atoms with Crippen LogP contribution in [0.25, 0.3) is 0 Å². The van der Waals surface area contributed by atoms with Crippen LogP contribution in [0.1, 0.15) is 63.0 Å². The van der Waals surface area contributed by atoms with E-state index in [0.717, 1.165) is 38.3 Å². The van der Waals surface area contributed by atoms with Crippen molar-refractivity contribution in [3.8, 4) is 11.5 Å². The number of rotatable bonds is 13. The zero-order valence-corrected chi connectivity index (χ0v) is 31.3. The van der Waals surface area contributed by atoms with E-state index in [0.29, 0.717) is 40.6 Å². The molecule has 0 aromatic heterocycles. The Kier molecular flexibility index (Phi) is 13.6. The molecule has 1 saturated heterocycles. The summed E-state index contributed by atoms with van der Waals surface area (Å²) < 4.78 is 23.0. The fourth-order valence-electron chi connectivity index (χ4n) is 5.26. The zero-order chi connectivity index (χ0) is 37.9. The van der Waals surface area contributed by atoms with Gasteiger partial charge in [0.15, 0.2) is 18.1 Å². The van der Waals surface area contributed by atoms with Gasteiger partial charge in [0.25, 0.3) is 5.91 Å². The quantitative estimate of drug-likeness (QED) is 0.0977. The third-order valence-electron chi connectivity index (χ3n) is 7.77. The molecule has 4 N–H and O–H groups in total. The van der Waals surface area contributed by atoms with Gasteiger partial charge in [0.2, 0.25) is 0 Å². The topological polar surface area (TPSA) is 155 Å². The number of alkyl carbamates (subject to hydrolysis) is 1. The van der Waals surface area contributed by atoms with Gasteiger partial charge < -0.3 is 34.5 Å². The molecule has 0 atom stereocenters. The van der Waals surface area contributed by atoms with Crippen molar-refractivity contribution in [1.29, 1.82) is 5.41 Å². The number of piperazine rings is 1. The fraction of sp³-hybridized carbons (Fsp3) is 0.436. The molecule has 13 heteroatoms. The van der Waals surface area contributed by atoms with E-state index >= 15 is 0 Å². The standard InChI is InChI=1S/C39H52N6O7/c1-38(2,3)51-33(46)26-50-34-28(11-10-14-32(34)49-24-23-45-21-19-44(7)20-22-45)25-41-31-13-9-8-12-30(31)36(47)42-29-17-15-27(16-18-29)35(40)43-37(48)52-39(4,5)6/h8-18,41H,19-26H2,1-7H3,(H,42,47)(H2,40,43,48). The van der Waals surface area contributed by atoms with E-state index in [2.05, 4.69) is 32.8 Å². The van der Waals surface area contributed by atoms with Crippen LogP contribution in [0.5, 0.6) is 11.5 Å². The molecule has 0 bridgehead atoms. The zero-order valence-electron chi connectivity index (χ0n) is 31.3. The van der Waals surface area contributed by atoms with E-state index in [1.54, 1.807) is 84.0 Å². The van der Waals surface area contributed by atoms with Gasteiger partial charge in [0.1, 0.15) is 23.6 Å². The molecule has 0 aliphatic carbocycles. The van der Waals surface area contributed by atoms with Gasteiger partial charge >= 0.3 is 12.1 Å². The van der Waals surface area contributed by atoms with Crippen molar-refractivity contribution in [2.24, 2.45) is 0 Å². The molecule has 0 saturated carbocycles. The average Bonchev–Trinajstić information content (AvgIpc) is 3.06. The lowest BCUT2D eigenvalue weighted by molar-refractivity contribution is -0.157. The van der Waals surface area contributed by atoms with E-state index in [9.17, 15) is 14.4 Å². The summed E-state index contributed by atoms with van der Waals surface area (Å²) in [5.74, 6) is -0.0283. The molecule has 0 spiro atoms. The van der Waals surface area contributed by atoms with Gasteiger partial charge in [0.05, 0.1) is 5.56 Å². The number of amidine groups is 1. The number of nitrogens with zero attached hydrogens (tertiary/aromatic N) is 2. The SMILES string of the molecule is CN1CCN(CCOc2cccc(CNc3ccccc3C(=O)Nc3ccc(C(=N)NC(=O)OC(C)(C)C)cc3)c2OCC(=O)OC(C)(C)C)CC1. The molecule has 2 amide bonds. The average molecular weight is 717 g/mol. The summed E-state index contributed by atoms with van der Waals surface area (Å²) in [7, 11) is 2.12. The van der Waals surface area contributed by atoms with Crippen molar-refractivity contribution in [3.63, 3.8) is 0 Å². The van der Waals surface area contributed by atoms with E-state index in [4.69, 9.17) is 24.4 Å². The number of hydrogen-bond donors (Lipinski definition) is 4. The number of hydrogen-bond acceptors (Lipinski definition) is 11. The molecule has 1 heterocycles. The maximum Gasteiger partial charge on any atom is 0.413 e. The van der Waals surface area contributed by atoms with E-state index in [1.165, 1.54) is 0 Å². The molecule has 1 aliphatic rings. The van der Waals surface area contributed by atoms with Crippen molar-refractivity contribution in [1.82, 2.24) is 15.1 Å². The van der Waals surface area contributed by atoms with Gasteiger partial charge in [-0.05, 0) is 91.1 Å². The van der Waals surface area contributed by atoms with Crippen LogP contribution in [-0.2, 0) is 20.8 Å². The molecule has 13 nitrogen and oxygen atoms in total. The maximum absolute atomic E-state index is 13.5. The number of nitrogens with one attached hydrogen (secondary N) is 4. The molecule has 4 rings (SSSR count). The third-order valence-corrected chi connectivity index (χ3v) is 7.77. The minimum Gasteiger partial charge on any atom is -0.488 e. The molecule has 0 radical (unpaired) electrons. The number of ether oxygens (including phenoxy) is 4. The Bertz CT molecular complexity index is 1690. The first-order chi connectivity index (χ1) is 24.6. The first-order valence-corrected chi connectivity index (χ1v) is 17.4. The Balaban J connectivity index is 1.43. The van der Waals surface area contributed by atoms with Gasteiger partial charge in [0, 0.05) is 61.8 Å². The number of carbonyl (C=O) groups is 3. The Morgan fingerprint density at radius 3 is 2.15 bits per heavy atom. The second-order valence-corrected chi connectivity index (χ2v) is 14.5. The van der Waals surface area contributed by atoms with Crippen LogP contribution in [0, 0.1) is 5.41 Å². The third kappa shape index (κ3) is 12.9. The van der Waals surface area contributed by atoms with Gasteiger partial charge in [-0.25, -0.2) is 9.59 Å². The highest BCUT2D eigenvalue weighted by Gasteiger charge is 2.21. The number of likely N-dealkylation sites (N-methyl/N-ethyl adjacent to an activating group) is 1. The first kappa shape index (κ1) is 39.6. The van der Waals surface area contributed by atoms with Crippen LogP contribution in [-0.4, -0.2) is 97.8 Å². The van der Waals surface area contributed by atoms with Crippen molar-refractivity contribution >= 4 is 35.2 Å². The normalized spacial score (nSPS) is 13.8. The summed E-state index contributed by atoms with van der Waals surface area (Å²) in [6.07, 6.45) is -0.721. The second-order valence-electron chi connectivity index (χ2n) is 14.5. The van der Waals surface area contributed by atoms with Crippen molar-refractivity contribution in [2.75, 3.05) is 63.6 Å². The van der Waals surface area contributed by atoms with Crippen LogP contribution in [0.4, 0.5) is 16.2 Å². The molecular weight excluding hydrogens is 664 g/mol. The highest BCUT2D eigenvalue weighted by molar-refractivity contribution is 6.08. The molecule has 52 heavy (non-hydrogen) atoms. The van der Waals surface area contributed by atoms with Crippen molar-refractivity contribution in [3.05, 3.63) is 83.4 Å². The van der Waals surface area contributed by atoms with E-state index in [1.807, 2.05) is 24.3 Å². The van der Waals surface area contributed by atoms with Crippen molar-refractivity contribution in [2.45, 2.75) is 59.3 Å². The second kappa shape index (κ2) is 17.9. The Morgan fingerprint density at radius 1 is 0.808 bits per heavy atom. The number of para-hydroxylation sites is 2. The van der Waals surface area contributed by atoms with Crippen LogP contribution in [0.2, 0.25) is 0 Å². The number of benzene rings is 3. The minimum absolute atomic E-state index is 0.124. The minimum atomic E-state index is -0.721. The summed E-state index contributed by atoms with van der Waals surface area (Å²) in [5, 5.41) is 16.9. The van der Waals surface area contributed by atoms with Gasteiger partial charge in [-0.2, -0.15) is 0 Å². The summed E-state index contributed by atoms with van der Waals surface area (Å²) in [6, 6.07) is 19.2. The number of anilines is 2. The Hall–Kier alpha value is -5.14. The van der Waals surface area contributed by atoms with Crippen LogP contribution < -0.4 is 25.4 Å². The maximum atomic E-state index is 13.5. The molecule has 1 aliphatic heterocycles. The smallest absolute Gasteiger partial charge is 0.413 e. The van der Waals surface area contributed by atoms with Gasteiger partial charge in [-0.1, -0.05) is 24.3 Å². The van der Waals surface area contributed by atoms with Gasteiger partial charge in [-0.3, -0.25) is 20.4 Å². The number of amides is 2. The molecule has 0 unspecified atom stereocenters. The first-order valence-electron chi connectivity index (χ1n) is 17.4. The van der Waals surface area contributed by atoms with Crippen LogP contribution in [0.15, 0.2) is 66.7 Å². The van der Waals surface area contributed by atoms with Crippen LogP contribution >= 0.6 is 0 Å². The molecular formula is C39H52N6O7. The molecule has 280 valence electrons. The summed E-state index contributed by atoms with van der Waals surface area (Å²) in [6.45, 7) is 15.8. The molecule has 1 fully saturated rings. The lowest BCUT2D eigenvalue weighted by Gasteiger charge is -2.32. The summed E-state index contributed by atoms with van der Waals surface area (Å²) in [5.41, 5.74) is 1.33. The Morgan fingerprint density at radius 2 is 1.48 bits per heavy atom. The fourth-order valence-corrected chi connectivity index (χ4v) is 5.26. The highest BCUT2D eigenvalue weighted by atomic mass is 16.6. The van der Waals surface area contributed by atoms with E-state index < -0.39 is 23.3 Å². The van der Waals surface area contributed by atoms with E-state index in [-0.39, 0.29) is 24.9 Å². The predicted molar refractivity (Wildman–Crippen MR) is 202 cm³/mol. The highest BCUT2D eigenvalue weighted by Crippen LogP contribution is 2.33. The number of carbonyl (C=O) groups excluding carboxylic acids is 3. The lowest BCUT2D eigenvalue weighted by atomic mass is 10.1. The van der Waals surface area contributed by atoms with Gasteiger partial charge in [-0.15, -0.1) is 0 Å².